The molecule has 2 aromatic rings. The Morgan fingerprint density at radius 3 is 2.36 bits per heavy atom. The first kappa shape index (κ1) is 25.3. The number of carbonyl (C=O) groups excluding carboxylic acids is 1. The highest BCUT2D eigenvalue weighted by Gasteiger charge is 2.28. The summed E-state index contributed by atoms with van der Waals surface area (Å²) < 4.78 is 58.3. The topological polar surface area (TPSA) is 113 Å². The van der Waals surface area contributed by atoms with Crippen LogP contribution in [0.15, 0.2) is 47.4 Å². The minimum Gasteiger partial charge on any atom is -0.495 e. The number of nitrogens with one attached hydrogen (secondary N) is 1. The van der Waals surface area contributed by atoms with Gasteiger partial charge in [-0.15, -0.1) is 0 Å². The van der Waals surface area contributed by atoms with E-state index in [1.807, 2.05) is 0 Å². The molecule has 0 aliphatic carbocycles. The summed E-state index contributed by atoms with van der Waals surface area (Å²) in [6, 6.07) is 10.5. The average molecular weight is 516 g/mol. The highest BCUT2D eigenvalue weighted by molar-refractivity contribution is 7.92. The molecule has 180 valence electrons. The van der Waals surface area contributed by atoms with Crippen LogP contribution in [-0.4, -0.2) is 60.0 Å². The Morgan fingerprint density at radius 1 is 1.09 bits per heavy atom. The maximum absolute atomic E-state index is 13.0. The Balaban J connectivity index is 1.88. The van der Waals surface area contributed by atoms with E-state index in [1.54, 1.807) is 12.1 Å². The Bertz CT molecular complexity index is 1230. The molecule has 0 atom stereocenters. The summed E-state index contributed by atoms with van der Waals surface area (Å²) in [6.07, 6.45) is 3.54. The Kier molecular flexibility index (Phi) is 7.88. The van der Waals surface area contributed by atoms with Gasteiger partial charge in [-0.3, -0.25) is 9.10 Å². The molecule has 9 nitrogen and oxygen atoms in total. The summed E-state index contributed by atoms with van der Waals surface area (Å²) in [5, 5.41) is 2.74. The van der Waals surface area contributed by atoms with Gasteiger partial charge in [-0.2, -0.15) is 4.31 Å². The molecule has 0 aromatic heterocycles. The van der Waals surface area contributed by atoms with Crippen LogP contribution in [0.1, 0.15) is 19.3 Å². The van der Waals surface area contributed by atoms with Gasteiger partial charge in [0.1, 0.15) is 12.3 Å². The fourth-order valence-corrected chi connectivity index (χ4v) is 6.25. The minimum absolute atomic E-state index is 0.0200. The molecule has 1 aliphatic rings. The van der Waals surface area contributed by atoms with Gasteiger partial charge in [0.15, 0.2) is 0 Å². The van der Waals surface area contributed by atoms with Crippen molar-refractivity contribution < 1.29 is 26.4 Å². The van der Waals surface area contributed by atoms with Crippen molar-refractivity contribution >= 4 is 48.9 Å². The van der Waals surface area contributed by atoms with Gasteiger partial charge in [-0.25, -0.2) is 16.8 Å². The molecule has 1 saturated heterocycles. The zero-order chi connectivity index (χ0) is 24.2. The van der Waals surface area contributed by atoms with Crippen LogP contribution in [-0.2, 0) is 24.8 Å². The lowest BCUT2D eigenvalue weighted by atomic mass is 10.2. The maximum Gasteiger partial charge on any atom is 0.245 e. The Hall–Kier alpha value is -2.34. The summed E-state index contributed by atoms with van der Waals surface area (Å²) >= 11 is 6.13. The lowest BCUT2D eigenvalue weighted by Crippen LogP contribution is -2.37. The molecular weight excluding hydrogens is 490 g/mol. The van der Waals surface area contributed by atoms with E-state index in [0.717, 1.165) is 29.8 Å². The molecular formula is C21H26ClN3O6S2. The van der Waals surface area contributed by atoms with E-state index >= 15 is 0 Å². The first-order valence-electron chi connectivity index (χ1n) is 10.2. The van der Waals surface area contributed by atoms with Gasteiger partial charge < -0.3 is 10.1 Å². The third-order valence-corrected chi connectivity index (χ3v) is 8.55. The molecule has 1 amide bonds. The predicted octanol–water partition coefficient (Wildman–Crippen LogP) is 2.93. The van der Waals surface area contributed by atoms with Crippen LogP contribution in [0.2, 0.25) is 5.02 Å². The van der Waals surface area contributed by atoms with E-state index < -0.39 is 32.5 Å². The van der Waals surface area contributed by atoms with Gasteiger partial charge in [0.05, 0.1) is 34.7 Å². The molecule has 0 unspecified atom stereocenters. The number of sulfonamides is 2. The summed E-state index contributed by atoms with van der Waals surface area (Å²) in [7, 11) is -6.19. The predicted molar refractivity (Wildman–Crippen MR) is 128 cm³/mol. The van der Waals surface area contributed by atoms with Crippen LogP contribution in [0.3, 0.4) is 0 Å². The molecule has 33 heavy (non-hydrogen) atoms. The zero-order valence-electron chi connectivity index (χ0n) is 18.3. The number of rotatable bonds is 8. The van der Waals surface area contributed by atoms with Crippen molar-refractivity contribution in [3.63, 3.8) is 0 Å². The molecule has 1 N–H and O–H groups in total. The lowest BCUT2D eigenvalue weighted by molar-refractivity contribution is -0.114. The summed E-state index contributed by atoms with van der Waals surface area (Å²) in [4.78, 5) is 12.8. The van der Waals surface area contributed by atoms with Gasteiger partial charge >= 0.3 is 0 Å². The first-order chi connectivity index (χ1) is 15.5. The third kappa shape index (κ3) is 5.97. The standard InChI is InChI=1S/C21H26ClN3O6S2/c1-31-20-11-10-16(33(29,30)24-12-6-3-7-13-24)14-18(20)23-21(26)15-25(32(2,27)28)19-9-5-4-8-17(19)22/h4-5,8-11,14H,3,6-7,12-13,15H2,1-2H3,(H,23,26). The number of para-hydroxylation sites is 1. The number of hydrogen-bond donors (Lipinski definition) is 1. The number of anilines is 2. The second-order valence-electron chi connectivity index (χ2n) is 7.60. The molecule has 1 aliphatic heterocycles. The van der Waals surface area contributed by atoms with Crippen molar-refractivity contribution in [3.05, 3.63) is 47.5 Å². The van der Waals surface area contributed by atoms with Gasteiger partial charge in [-0.05, 0) is 43.2 Å². The number of amides is 1. The second-order valence-corrected chi connectivity index (χ2v) is 11.8. The fraction of sp³-hybridized carbons (Fsp3) is 0.381. The maximum atomic E-state index is 13.0. The largest absolute Gasteiger partial charge is 0.495 e. The number of ether oxygens (including phenoxy) is 1. The smallest absolute Gasteiger partial charge is 0.245 e. The molecule has 12 heteroatoms. The van der Waals surface area contributed by atoms with E-state index in [0.29, 0.717) is 13.1 Å². The number of piperidine rings is 1. The van der Waals surface area contributed by atoms with Crippen LogP contribution >= 0.6 is 11.6 Å². The van der Waals surface area contributed by atoms with Crippen LogP contribution in [0, 0.1) is 0 Å². The number of hydrogen-bond acceptors (Lipinski definition) is 6. The number of nitrogens with zero attached hydrogens (tertiary/aromatic N) is 2. The normalized spacial score (nSPS) is 15.1. The van der Waals surface area contributed by atoms with Crippen molar-refractivity contribution in [3.8, 4) is 5.75 Å². The Labute approximate surface area is 199 Å². The van der Waals surface area contributed by atoms with Crippen molar-refractivity contribution in [2.45, 2.75) is 24.2 Å². The van der Waals surface area contributed by atoms with Gasteiger partial charge in [0.25, 0.3) is 0 Å². The van der Waals surface area contributed by atoms with Gasteiger partial charge in [0, 0.05) is 13.1 Å². The van der Waals surface area contributed by atoms with Gasteiger partial charge in [0.2, 0.25) is 26.0 Å². The van der Waals surface area contributed by atoms with Crippen LogP contribution < -0.4 is 14.4 Å². The van der Waals surface area contributed by atoms with Crippen molar-refractivity contribution in [2.24, 2.45) is 0 Å². The van der Waals surface area contributed by atoms with E-state index in [-0.39, 0.29) is 27.0 Å². The molecule has 0 bridgehead atoms. The SMILES string of the molecule is COc1ccc(S(=O)(=O)N2CCCCC2)cc1NC(=O)CN(c1ccccc1Cl)S(C)(=O)=O. The minimum atomic E-state index is -3.84. The summed E-state index contributed by atoms with van der Waals surface area (Å²) in [6.45, 7) is 0.323. The molecule has 3 rings (SSSR count). The molecule has 0 radical (unpaired) electrons. The van der Waals surface area contributed by atoms with E-state index in [2.05, 4.69) is 5.32 Å². The monoisotopic (exact) mass is 515 g/mol. The highest BCUT2D eigenvalue weighted by atomic mass is 35.5. The van der Waals surface area contributed by atoms with Crippen molar-refractivity contribution in [1.29, 1.82) is 0 Å². The zero-order valence-corrected chi connectivity index (χ0v) is 20.7. The van der Waals surface area contributed by atoms with Crippen molar-refractivity contribution in [2.75, 3.05) is 42.6 Å². The average Bonchev–Trinajstić information content (AvgIpc) is 2.78. The number of halogens is 1. The second kappa shape index (κ2) is 10.3. The van der Waals surface area contributed by atoms with E-state index in [9.17, 15) is 21.6 Å². The summed E-state index contributed by atoms with van der Waals surface area (Å²) in [5.41, 5.74) is 0.276. The molecule has 1 heterocycles. The number of methoxy groups -OCH3 is 1. The fourth-order valence-electron chi connectivity index (χ4n) is 3.55. The van der Waals surface area contributed by atoms with E-state index in [4.69, 9.17) is 16.3 Å². The molecule has 0 saturated carbocycles. The quantitative estimate of drug-likeness (QED) is 0.578. The number of benzene rings is 2. The summed E-state index contributed by atoms with van der Waals surface area (Å²) in [5.74, 6) is -0.448. The van der Waals surface area contributed by atoms with Gasteiger partial charge in [-0.1, -0.05) is 30.2 Å². The number of carbonyl (C=O) groups is 1. The van der Waals surface area contributed by atoms with E-state index in [1.165, 1.54) is 41.7 Å². The van der Waals surface area contributed by atoms with Crippen molar-refractivity contribution in [1.82, 2.24) is 4.31 Å². The third-order valence-electron chi connectivity index (χ3n) is 5.21. The Morgan fingerprint density at radius 2 is 1.76 bits per heavy atom. The van der Waals surface area contributed by atoms with Crippen LogP contribution in [0.5, 0.6) is 5.75 Å². The molecule has 0 spiro atoms. The first-order valence-corrected chi connectivity index (χ1v) is 13.9. The lowest BCUT2D eigenvalue weighted by Gasteiger charge is -2.26. The molecule has 1 fully saturated rings. The van der Waals surface area contributed by atoms with Crippen LogP contribution in [0.25, 0.3) is 0 Å². The highest BCUT2D eigenvalue weighted by Crippen LogP contribution is 2.31. The molecule has 2 aromatic carbocycles. The van der Waals surface area contributed by atoms with Crippen LogP contribution in [0.4, 0.5) is 11.4 Å².